The maximum atomic E-state index is 13.5. The molecule has 2 aliphatic carbocycles. The molecular formula is C29H46O5. The number of hydrogen-bond donors (Lipinski definition) is 2. The fraction of sp³-hybridized carbons (Fsp3) is 0.724. The number of hydrogen-bond acceptors (Lipinski definition) is 5. The molecule has 0 aromatic heterocycles. The summed E-state index contributed by atoms with van der Waals surface area (Å²) in [6.45, 7) is 11.6. The van der Waals surface area contributed by atoms with Crippen LogP contribution in [-0.2, 0) is 14.3 Å². The summed E-state index contributed by atoms with van der Waals surface area (Å²) in [4.78, 5) is 24.8. The minimum atomic E-state index is -0.732. The zero-order valence-electron chi connectivity index (χ0n) is 21.9. The van der Waals surface area contributed by atoms with Crippen LogP contribution in [0.25, 0.3) is 0 Å². The molecule has 0 amide bonds. The number of ketones is 1. The summed E-state index contributed by atoms with van der Waals surface area (Å²) in [5, 5.41) is 21.3. The number of carbonyl (C=O) groups is 2. The van der Waals surface area contributed by atoms with Crippen LogP contribution in [0, 0.1) is 35.5 Å². The van der Waals surface area contributed by atoms with Gasteiger partial charge in [-0.05, 0) is 73.8 Å². The monoisotopic (exact) mass is 474 g/mol. The normalized spacial score (nSPS) is 29.9. The van der Waals surface area contributed by atoms with E-state index in [1.165, 1.54) is 6.92 Å². The molecule has 34 heavy (non-hydrogen) atoms. The van der Waals surface area contributed by atoms with Crippen LogP contribution in [0.2, 0.25) is 0 Å². The van der Waals surface area contributed by atoms with Crippen molar-refractivity contribution < 1.29 is 24.5 Å². The number of rotatable bonds is 13. The van der Waals surface area contributed by atoms with Gasteiger partial charge in [-0.1, -0.05) is 58.9 Å². The Kier molecular flexibility index (Phi) is 11.2. The Labute approximate surface area is 206 Å². The third kappa shape index (κ3) is 6.91. The summed E-state index contributed by atoms with van der Waals surface area (Å²) in [5.41, 5.74) is 0.857. The maximum absolute atomic E-state index is 13.5. The van der Waals surface area contributed by atoms with Crippen LogP contribution < -0.4 is 0 Å². The second kappa shape index (κ2) is 13.4. The molecule has 0 aromatic carbocycles. The number of ether oxygens (including phenoxy) is 1. The Morgan fingerprint density at radius 3 is 2.41 bits per heavy atom. The van der Waals surface area contributed by atoms with Crippen molar-refractivity contribution in [2.45, 2.75) is 98.4 Å². The van der Waals surface area contributed by atoms with Gasteiger partial charge in [0.1, 0.15) is 6.10 Å². The zero-order valence-corrected chi connectivity index (χ0v) is 21.9. The van der Waals surface area contributed by atoms with Gasteiger partial charge in [0.2, 0.25) is 0 Å². The number of Topliss-reactive ketones (excluding diaryl/α,β-unsaturated/α-hetero) is 1. The molecular weight excluding hydrogens is 428 g/mol. The van der Waals surface area contributed by atoms with Crippen molar-refractivity contribution in [3.63, 3.8) is 0 Å². The Balaban J connectivity index is 2.03. The molecule has 0 radical (unpaired) electrons. The standard InChI is InChI=1S/C29H46O5/c1-7-10-12-21(34-20(6)30)13-11-14-28(32)19(5)29(33)26-17-25-18(4)23(27(31)9-3)15-16-24(25)22(26)8-2/h10,12,15-19,21-25,27-28,31-32H,7-9,11,13-14H2,1-6H3/b12-10+/t18?,19?,21?,22?,23?,24?,25?,27?,28-/m0/s1. The molecule has 0 saturated carbocycles. The third-order valence-electron chi connectivity index (χ3n) is 7.92. The molecule has 0 spiro atoms. The number of esters is 1. The highest BCUT2D eigenvalue weighted by atomic mass is 16.5. The molecule has 0 heterocycles. The second-order valence-corrected chi connectivity index (χ2v) is 10.2. The highest BCUT2D eigenvalue weighted by molar-refractivity contribution is 5.98. The van der Waals surface area contributed by atoms with Gasteiger partial charge in [0, 0.05) is 18.8 Å². The Hall–Kier alpha value is -1.72. The first kappa shape index (κ1) is 28.5. The van der Waals surface area contributed by atoms with E-state index in [-0.39, 0.29) is 47.6 Å². The fourth-order valence-electron chi connectivity index (χ4n) is 5.79. The van der Waals surface area contributed by atoms with Crippen molar-refractivity contribution in [3.05, 3.63) is 36.0 Å². The highest BCUT2D eigenvalue weighted by Gasteiger charge is 2.45. The van der Waals surface area contributed by atoms with Gasteiger partial charge in [-0.3, -0.25) is 9.59 Å². The van der Waals surface area contributed by atoms with E-state index in [0.29, 0.717) is 25.2 Å². The van der Waals surface area contributed by atoms with Gasteiger partial charge in [-0.15, -0.1) is 0 Å². The van der Waals surface area contributed by atoms with Gasteiger partial charge in [0.15, 0.2) is 5.78 Å². The van der Waals surface area contributed by atoms with Gasteiger partial charge < -0.3 is 14.9 Å². The van der Waals surface area contributed by atoms with E-state index < -0.39 is 12.0 Å². The lowest BCUT2D eigenvalue weighted by atomic mass is 9.68. The summed E-state index contributed by atoms with van der Waals surface area (Å²) in [6.07, 6.45) is 13.3. The molecule has 0 aromatic rings. The van der Waals surface area contributed by atoms with E-state index in [1.807, 2.05) is 32.9 Å². The molecule has 2 rings (SSSR count). The molecule has 9 atom stereocenters. The molecule has 8 unspecified atom stereocenters. The van der Waals surface area contributed by atoms with Crippen LogP contribution in [0.3, 0.4) is 0 Å². The van der Waals surface area contributed by atoms with Crippen LogP contribution in [0.4, 0.5) is 0 Å². The molecule has 0 fully saturated rings. The molecule has 2 N–H and O–H groups in total. The van der Waals surface area contributed by atoms with E-state index in [0.717, 1.165) is 24.8 Å². The van der Waals surface area contributed by atoms with E-state index in [4.69, 9.17) is 4.74 Å². The fourth-order valence-corrected chi connectivity index (χ4v) is 5.79. The molecule has 0 aliphatic heterocycles. The van der Waals surface area contributed by atoms with Crippen LogP contribution >= 0.6 is 0 Å². The average molecular weight is 475 g/mol. The van der Waals surface area contributed by atoms with Gasteiger partial charge in [0.05, 0.1) is 12.2 Å². The topological polar surface area (TPSA) is 83.8 Å². The Bertz CT molecular complexity index is 766. The van der Waals surface area contributed by atoms with Gasteiger partial charge >= 0.3 is 5.97 Å². The van der Waals surface area contributed by atoms with E-state index in [1.54, 1.807) is 0 Å². The summed E-state index contributed by atoms with van der Waals surface area (Å²) in [6, 6.07) is 0. The predicted octanol–water partition coefficient (Wildman–Crippen LogP) is 5.41. The van der Waals surface area contributed by atoms with Crippen LogP contribution in [-0.4, -0.2) is 40.3 Å². The van der Waals surface area contributed by atoms with Crippen LogP contribution in [0.15, 0.2) is 36.0 Å². The lowest BCUT2D eigenvalue weighted by Crippen LogP contribution is -2.35. The van der Waals surface area contributed by atoms with Crippen molar-refractivity contribution in [1.82, 2.24) is 0 Å². The number of carbonyl (C=O) groups excluding carboxylic acids is 2. The van der Waals surface area contributed by atoms with E-state index in [9.17, 15) is 19.8 Å². The third-order valence-corrected chi connectivity index (χ3v) is 7.92. The van der Waals surface area contributed by atoms with Crippen molar-refractivity contribution in [2.75, 3.05) is 0 Å². The molecule has 0 bridgehead atoms. The van der Waals surface area contributed by atoms with Crippen molar-refractivity contribution in [3.8, 4) is 0 Å². The quantitative estimate of drug-likeness (QED) is 0.275. The number of fused-ring (bicyclic) bond motifs is 1. The number of aliphatic hydroxyl groups is 2. The van der Waals surface area contributed by atoms with Gasteiger partial charge in [-0.2, -0.15) is 0 Å². The largest absolute Gasteiger partial charge is 0.458 e. The summed E-state index contributed by atoms with van der Waals surface area (Å²) in [5.74, 6) is 0.352. The second-order valence-electron chi connectivity index (χ2n) is 10.2. The van der Waals surface area contributed by atoms with Crippen molar-refractivity contribution in [2.24, 2.45) is 35.5 Å². The highest BCUT2D eigenvalue weighted by Crippen LogP contribution is 2.49. The summed E-state index contributed by atoms with van der Waals surface area (Å²) in [7, 11) is 0. The minimum Gasteiger partial charge on any atom is -0.458 e. The molecule has 192 valence electrons. The predicted molar refractivity (Wildman–Crippen MR) is 136 cm³/mol. The minimum absolute atomic E-state index is 0.0457. The molecule has 0 saturated heterocycles. The average Bonchev–Trinajstić information content (AvgIpc) is 3.20. The van der Waals surface area contributed by atoms with Crippen molar-refractivity contribution >= 4 is 11.8 Å². The van der Waals surface area contributed by atoms with Crippen LogP contribution in [0.5, 0.6) is 0 Å². The number of allylic oxidation sites excluding steroid dienone is 4. The van der Waals surface area contributed by atoms with Crippen molar-refractivity contribution in [1.29, 1.82) is 0 Å². The Morgan fingerprint density at radius 1 is 1.12 bits per heavy atom. The maximum Gasteiger partial charge on any atom is 0.303 e. The first-order valence-electron chi connectivity index (χ1n) is 13.3. The van der Waals surface area contributed by atoms with Crippen LogP contribution in [0.1, 0.15) is 80.1 Å². The first-order valence-corrected chi connectivity index (χ1v) is 13.3. The summed E-state index contributed by atoms with van der Waals surface area (Å²) < 4.78 is 5.34. The SMILES string of the molecule is CC/C=C/C(CCC[C@H](O)C(C)C(=O)C1=CC2C(C)C(C(O)CC)C=CC2C1CC)OC(C)=O. The summed E-state index contributed by atoms with van der Waals surface area (Å²) >= 11 is 0. The molecule has 5 nitrogen and oxygen atoms in total. The van der Waals surface area contributed by atoms with E-state index >= 15 is 0 Å². The first-order chi connectivity index (χ1) is 16.2. The lowest BCUT2D eigenvalue weighted by molar-refractivity contribution is -0.144. The zero-order chi connectivity index (χ0) is 25.4. The van der Waals surface area contributed by atoms with Gasteiger partial charge in [0.25, 0.3) is 0 Å². The smallest absolute Gasteiger partial charge is 0.303 e. The molecule has 2 aliphatic rings. The van der Waals surface area contributed by atoms with Gasteiger partial charge in [-0.25, -0.2) is 0 Å². The molecule has 5 heteroatoms. The number of aliphatic hydroxyl groups excluding tert-OH is 2. The lowest BCUT2D eigenvalue weighted by Gasteiger charge is -2.37. The Morgan fingerprint density at radius 2 is 1.82 bits per heavy atom. The van der Waals surface area contributed by atoms with E-state index in [2.05, 4.69) is 32.1 Å².